The molecule has 6 heteroatoms. The Labute approximate surface area is 201 Å². The summed E-state index contributed by atoms with van der Waals surface area (Å²) in [4.78, 5) is 16.8. The molecule has 0 bridgehead atoms. The standard InChI is InChI=1S/C27H35N3O2S/c1-2-3-4-5-6-7-10-22-11-8-9-12-25(22)28-19-21-13-15-23(16-14-21)26(32)30-27-29-24(17-18-31)20-33-27/h8-9,11-16,20,28,31H,2-7,10,17-19H2,1H3,(H,29,30,32). The predicted octanol–water partition coefficient (Wildman–Crippen LogP) is 6.45. The first-order valence-electron chi connectivity index (χ1n) is 12.0. The number of carbonyl (C=O) groups excluding carboxylic acids is 1. The summed E-state index contributed by atoms with van der Waals surface area (Å²) in [6, 6.07) is 16.2. The van der Waals surface area contributed by atoms with Crippen LogP contribution in [0.2, 0.25) is 0 Å². The van der Waals surface area contributed by atoms with Gasteiger partial charge in [0.2, 0.25) is 0 Å². The number of nitrogens with zero attached hydrogens (tertiary/aromatic N) is 1. The van der Waals surface area contributed by atoms with Crippen molar-refractivity contribution in [3.63, 3.8) is 0 Å². The van der Waals surface area contributed by atoms with Gasteiger partial charge in [-0.15, -0.1) is 11.3 Å². The predicted molar refractivity (Wildman–Crippen MR) is 138 cm³/mol. The van der Waals surface area contributed by atoms with E-state index in [0.29, 0.717) is 23.7 Å². The van der Waals surface area contributed by atoms with Crippen LogP contribution in [0.5, 0.6) is 0 Å². The normalized spacial score (nSPS) is 10.8. The van der Waals surface area contributed by atoms with Gasteiger partial charge < -0.3 is 10.4 Å². The molecule has 0 aliphatic carbocycles. The summed E-state index contributed by atoms with van der Waals surface area (Å²) in [5.41, 5.74) is 5.07. The van der Waals surface area contributed by atoms with Crippen molar-refractivity contribution in [1.82, 2.24) is 4.98 Å². The van der Waals surface area contributed by atoms with Crippen molar-refractivity contribution < 1.29 is 9.90 Å². The highest BCUT2D eigenvalue weighted by Gasteiger charge is 2.09. The third-order valence-corrected chi connectivity index (χ3v) is 6.46. The minimum absolute atomic E-state index is 0.0517. The number of anilines is 2. The van der Waals surface area contributed by atoms with Crippen LogP contribution in [0.4, 0.5) is 10.8 Å². The van der Waals surface area contributed by atoms with Gasteiger partial charge in [-0.05, 0) is 42.2 Å². The summed E-state index contributed by atoms with van der Waals surface area (Å²) in [6.45, 7) is 3.02. The van der Waals surface area contributed by atoms with Gasteiger partial charge >= 0.3 is 0 Å². The smallest absolute Gasteiger partial charge is 0.257 e. The van der Waals surface area contributed by atoms with Crippen LogP contribution < -0.4 is 10.6 Å². The maximum Gasteiger partial charge on any atom is 0.257 e. The fourth-order valence-corrected chi connectivity index (χ4v) is 4.48. The first-order valence-corrected chi connectivity index (χ1v) is 12.8. The van der Waals surface area contributed by atoms with Crippen molar-refractivity contribution in [2.75, 3.05) is 17.2 Å². The van der Waals surface area contributed by atoms with Gasteiger partial charge in [-0.2, -0.15) is 0 Å². The van der Waals surface area contributed by atoms with Crippen molar-refractivity contribution in [2.45, 2.75) is 64.8 Å². The average molecular weight is 466 g/mol. The number of unbranched alkanes of at least 4 members (excludes halogenated alkanes) is 5. The lowest BCUT2D eigenvalue weighted by atomic mass is 10.0. The molecule has 3 aromatic rings. The maximum absolute atomic E-state index is 12.5. The Morgan fingerprint density at radius 1 is 0.970 bits per heavy atom. The number of aliphatic hydroxyl groups is 1. The number of nitrogens with one attached hydrogen (secondary N) is 2. The molecule has 1 amide bonds. The first kappa shape index (κ1) is 24.9. The number of carbonyl (C=O) groups is 1. The number of thiazole rings is 1. The van der Waals surface area contributed by atoms with E-state index in [-0.39, 0.29) is 12.5 Å². The van der Waals surface area contributed by atoms with Gasteiger partial charge in [-0.25, -0.2) is 4.98 Å². The Balaban J connectivity index is 1.48. The highest BCUT2D eigenvalue weighted by molar-refractivity contribution is 7.14. The van der Waals surface area contributed by atoms with E-state index < -0.39 is 0 Å². The van der Waals surface area contributed by atoms with E-state index in [1.54, 1.807) is 0 Å². The zero-order valence-corrected chi connectivity index (χ0v) is 20.3. The summed E-state index contributed by atoms with van der Waals surface area (Å²) >= 11 is 1.37. The van der Waals surface area contributed by atoms with Gasteiger partial charge in [0.15, 0.2) is 5.13 Å². The van der Waals surface area contributed by atoms with Gasteiger partial charge in [0, 0.05) is 36.2 Å². The molecule has 0 aliphatic rings. The minimum Gasteiger partial charge on any atom is -0.396 e. The van der Waals surface area contributed by atoms with Crippen LogP contribution in [0, 0.1) is 0 Å². The quantitative estimate of drug-likeness (QED) is 0.239. The second-order valence-corrected chi connectivity index (χ2v) is 9.16. The molecule has 0 spiro atoms. The van der Waals surface area contributed by atoms with Crippen LogP contribution in [0.25, 0.3) is 0 Å². The number of amides is 1. The van der Waals surface area contributed by atoms with Gasteiger partial charge in [0.05, 0.1) is 5.69 Å². The molecule has 176 valence electrons. The van der Waals surface area contributed by atoms with Gasteiger partial charge in [-0.3, -0.25) is 10.1 Å². The number of hydrogen-bond donors (Lipinski definition) is 3. The Morgan fingerprint density at radius 3 is 2.52 bits per heavy atom. The first-order chi connectivity index (χ1) is 16.2. The third-order valence-electron chi connectivity index (χ3n) is 5.66. The molecule has 0 atom stereocenters. The summed E-state index contributed by atoms with van der Waals surface area (Å²) < 4.78 is 0. The zero-order chi connectivity index (χ0) is 23.3. The van der Waals surface area contributed by atoms with Crippen molar-refractivity contribution in [3.05, 3.63) is 76.3 Å². The molecule has 0 saturated carbocycles. The van der Waals surface area contributed by atoms with E-state index in [1.807, 2.05) is 29.6 Å². The number of benzene rings is 2. The second-order valence-electron chi connectivity index (χ2n) is 8.30. The molecule has 1 aromatic heterocycles. The fraction of sp³-hybridized carbons (Fsp3) is 0.407. The monoisotopic (exact) mass is 465 g/mol. The lowest BCUT2D eigenvalue weighted by molar-refractivity contribution is 0.102. The van der Waals surface area contributed by atoms with E-state index >= 15 is 0 Å². The lowest BCUT2D eigenvalue weighted by Crippen LogP contribution is -2.12. The van der Waals surface area contributed by atoms with Gasteiger partial charge in [0.25, 0.3) is 5.91 Å². The van der Waals surface area contributed by atoms with E-state index in [9.17, 15) is 4.79 Å². The summed E-state index contributed by atoms with van der Waals surface area (Å²) in [6.07, 6.45) is 9.43. The summed E-state index contributed by atoms with van der Waals surface area (Å²) in [5.74, 6) is -0.177. The maximum atomic E-state index is 12.5. The SMILES string of the molecule is CCCCCCCCc1ccccc1NCc1ccc(C(=O)Nc2nc(CCO)cs2)cc1. The Kier molecular flexibility index (Phi) is 10.4. The van der Waals surface area contributed by atoms with E-state index in [1.165, 1.54) is 61.1 Å². The van der Waals surface area contributed by atoms with Crippen LogP contribution >= 0.6 is 11.3 Å². The molecule has 5 nitrogen and oxygen atoms in total. The number of aryl methyl sites for hydroxylation is 1. The molecule has 0 fully saturated rings. The van der Waals surface area contributed by atoms with Crippen molar-refractivity contribution in [1.29, 1.82) is 0 Å². The lowest BCUT2D eigenvalue weighted by Gasteiger charge is -2.12. The van der Waals surface area contributed by atoms with E-state index in [4.69, 9.17) is 5.11 Å². The second kappa shape index (κ2) is 13.8. The molecule has 1 heterocycles. The molecule has 3 N–H and O–H groups in total. The van der Waals surface area contributed by atoms with Crippen molar-refractivity contribution in [3.8, 4) is 0 Å². The van der Waals surface area contributed by atoms with Gasteiger partial charge in [-0.1, -0.05) is 69.4 Å². The highest BCUT2D eigenvalue weighted by Crippen LogP contribution is 2.20. The average Bonchev–Trinajstić information content (AvgIpc) is 3.28. The zero-order valence-electron chi connectivity index (χ0n) is 19.5. The van der Waals surface area contributed by atoms with E-state index in [2.05, 4.69) is 46.8 Å². The molecule has 2 aromatic carbocycles. The topological polar surface area (TPSA) is 74.2 Å². The molecule has 0 unspecified atom stereocenters. The van der Waals surface area contributed by atoms with Crippen molar-refractivity contribution in [2.24, 2.45) is 0 Å². The molecule has 33 heavy (non-hydrogen) atoms. The Bertz CT molecular complexity index is 985. The molecular formula is C27H35N3O2S. The molecule has 0 saturated heterocycles. The van der Waals surface area contributed by atoms with Crippen LogP contribution in [-0.4, -0.2) is 22.6 Å². The van der Waals surface area contributed by atoms with E-state index in [0.717, 1.165) is 17.7 Å². The largest absolute Gasteiger partial charge is 0.396 e. The van der Waals surface area contributed by atoms with Crippen LogP contribution in [0.1, 0.15) is 72.6 Å². The minimum atomic E-state index is -0.177. The summed E-state index contributed by atoms with van der Waals surface area (Å²) in [7, 11) is 0. The number of para-hydroxylation sites is 1. The third kappa shape index (κ3) is 8.30. The molecule has 0 aliphatic heterocycles. The van der Waals surface area contributed by atoms with Crippen molar-refractivity contribution >= 4 is 28.1 Å². The summed E-state index contributed by atoms with van der Waals surface area (Å²) in [5, 5.41) is 17.8. The number of aliphatic hydroxyl groups excluding tert-OH is 1. The molecule has 3 rings (SSSR count). The molecule has 0 radical (unpaired) electrons. The fourth-order valence-electron chi connectivity index (χ4n) is 3.74. The van der Waals surface area contributed by atoms with Crippen LogP contribution in [0.15, 0.2) is 53.9 Å². The Morgan fingerprint density at radius 2 is 1.73 bits per heavy atom. The van der Waals surface area contributed by atoms with Gasteiger partial charge in [0.1, 0.15) is 0 Å². The highest BCUT2D eigenvalue weighted by atomic mass is 32.1. The van der Waals surface area contributed by atoms with Crippen LogP contribution in [-0.2, 0) is 19.4 Å². The number of aromatic nitrogens is 1. The number of rotatable bonds is 14. The van der Waals surface area contributed by atoms with Crippen LogP contribution in [0.3, 0.4) is 0 Å². The molecular weight excluding hydrogens is 430 g/mol. The number of hydrogen-bond acceptors (Lipinski definition) is 5. The Hall–Kier alpha value is -2.70.